The van der Waals surface area contributed by atoms with E-state index in [2.05, 4.69) is 10.6 Å². The van der Waals surface area contributed by atoms with E-state index in [1.54, 1.807) is 30.2 Å². The molecule has 1 aromatic rings. The van der Waals surface area contributed by atoms with Crippen molar-refractivity contribution in [2.75, 3.05) is 26.8 Å². The zero-order valence-corrected chi connectivity index (χ0v) is 14.1. The summed E-state index contributed by atoms with van der Waals surface area (Å²) in [5.41, 5.74) is 0.315. The maximum absolute atomic E-state index is 12.4. The molecule has 1 atom stereocenters. The molecule has 0 bridgehead atoms. The van der Waals surface area contributed by atoms with Gasteiger partial charge in [0.2, 0.25) is 0 Å². The minimum Gasteiger partial charge on any atom is -0.507 e. The topological polar surface area (TPSA) is 90.9 Å². The fraction of sp³-hybridized carbons (Fsp3) is 0.529. The van der Waals surface area contributed by atoms with Gasteiger partial charge in [-0.15, -0.1) is 0 Å². The number of nitrogens with one attached hydrogen (secondary N) is 2. The largest absolute Gasteiger partial charge is 0.507 e. The molecular formula is C17H25N3O4. The van der Waals surface area contributed by atoms with Gasteiger partial charge in [0.15, 0.2) is 0 Å². The Bertz CT molecular complexity index is 571. The smallest absolute Gasteiger partial charge is 0.315 e. The number of phenols is 1. The lowest BCUT2D eigenvalue weighted by Crippen LogP contribution is -2.51. The zero-order chi connectivity index (χ0) is 17.5. The molecule has 7 heteroatoms. The molecule has 3 N–H and O–H groups in total. The summed E-state index contributed by atoms with van der Waals surface area (Å²) in [5.74, 6) is -0.182. The number of piperidine rings is 1. The number of carbonyl (C=O) groups excluding carboxylic acids is 2. The van der Waals surface area contributed by atoms with E-state index in [0.717, 1.165) is 0 Å². The summed E-state index contributed by atoms with van der Waals surface area (Å²) < 4.78 is 4.98. The highest BCUT2D eigenvalue weighted by atomic mass is 16.5. The van der Waals surface area contributed by atoms with Gasteiger partial charge in [-0.3, -0.25) is 4.79 Å². The normalized spacial score (nSPS) is 16.5. The van der Waals surface area contributed by atoms with Gasteiger partial charge in [0, 0.05) is 26.2 Å². The molecule has 0 unspecified atom stereocenters. The van der Waals surface area contributed by atoms with Crippen molar-refractivity contribution in [1.82, 2.24) is 15.5 Å². The molecule has 2 rings (SSSR count). The highest BCUT2D eigenvalue weighted by molar-refractivity contribution is 5.96. The van der Waals surface area contributed by atoms with Gasteiger partial charge in [-0.1, -0.05) is 12.1 Å². The first kappa shape index (κ1) is 18.1. The molecule has 0 radical (unpaired) electrons. The highest BCUT2D eigenvalue weighted by Gasteiger charge is 2.26. The van der Waals surface area contributed by atoms with Crippen LogP contribution in [0.25, 0.3) is 0 Å². The number of phenolic OH excluding ortho intramolecular Hbond substituents is 1. The number of likely N-dealkylation sites (tertiary alicyclic amines) is 1. The van der Waals surface area contributed by atoms with Crippen molar-refractivity contribution in [2.24, 2.45) is 0 Å². The third-order valence-corrected chi connectivity index (χ3v) is 4.05. The van der Waals surface area contributed by atoms with Crippen molar-refractivity contribution in [3.05, 3.63) is 29.8 Å². The van der Waals surface area contributed by atoms with Gasteiger partial charge in [-0.25, -0.2) is 4.79 Å². The number of benzene rings is 1. The summed E-state index contributed by atoms with van der Waals surface area (Å²) in [7, 11) is 1.59. The lowest BCUT2D eigenvalue weighted by molar-refractivity contribution is 0.0705. The van der Waals surface area contributed by atoms with E-state index in [0.29, 0.717) is 38.1 Å². The van der Waals surface area contributed by atoms with Crippen LogP contribution < -0.4 is 10.6 Å². The maximum atomic E-state index is 12.4. The summed E-state index contributed by atoms with van der Waals surface area (Å²) in [6.07, 6.45) is 1.37. The summed E-state index contributed by atoms with van der Waals surface area (Å²) in [6, 6.07) is 6.30. The Kier molecular flexibility index (Phi) is 6.43. The summed E-state index contributed by atoms with van der Waals surface area (Å²) in [6.45, 7) is 3.43. The Morgan fingerprint density at radius 1 is 1.33 bits per heavy atom. The van der Waals surface area contributed by atoms with Crippen LogP contribution in [0.15, 0.2) is 24.3 Å². The first-order valence-electron chi connectivity index (χ1n) is 8.14. The molecular weight excluding hydrogens is 310 g/mol. The van der Waals surface area contributed by atoms with Crippen LogP contribution in [-0.4, -0.2) is 60.8 Å². The molecule has 1 saturated heterocycles. The predicted octanol–water partition coefficient (Wildman–Crippen LogP) is 1.33. The maximum Gasteiger partial charge on any atom is 0.315 e. The Morgan fingerprint density at radius 3 is 2.62 bits per heavy atom. The molecule has 7 nitrogen and oxygen atoms in total. The van der Waals surface area contributed by atoms with Crippen molar-refractivity contribution >= 4 is 11.9 Å². The molecule has 0 aromatic heterocycles. The lowest BCUT2D eigenvalue weighted by Gasteiger charge is -2.32. The predicted molar refractivity (Wildman–Crippen MR) is 90.0 cm³/mol. The second-order valence-electron chi connectivity index (χ2n) is 6.06. The molecule has 24 heavy (non-hydrogen) atoms. The average molecular weight is 335 g/mol. The Morgan fingerprint density at radius 2 is 2.00 bits per heavy atom. The van der Waals surface area contributed by atoms with E-state index >= 15 is 0 Å². The second-order valence-corrected chi connectivity index (χ2v) is 6.06. The zero-order valence-electron chi connectivity index (χ0n) is 14.1. The third kappa shape index (κ3) is 4.86. The van der Waals surface area contributed by atoms with Gasteiger partial charge >= 0.3 is 6.03 Å². The second kappa shape index (κ2) is 8.54. The van der Waals surface area contributed by atoms with E-state index in [1.807, 2.05) is 6.92 Å². The number of rotatable bonds is 5. The van der Waals surface area contributed by atoms with Crippen LogP contribution in [0.5, 0.6) is 5.75 Å². The molecule has 0 aliphatic carbocycles. The standard InChI is InChI=1S/C17H25N3O4/c1-12(11-24-2)18-17(23)19-13-7-9-20(10-8-13)16(22)14-5-3-4-6-15(14)21/h3-6,12-13,21H,7-11H2,1-2H3,(H2,18,19,23)/t12-/m1/s1. The molecule has 1 aromatic carbocycles. The molecule has 1 aliphatic heterocycles. The SMILES string of the molecule is COC[C@@H](C)NC(=O)NC1CCN(C(=O)c2ccccc2O)CC1. The number of amides is 3. The van der Waals surface area contributed by atoms with E-state index in [1.165, 1.54) is 6.07 Å². The third-order valence-electron chi connectivity index (χ3n) is 4.05. The van der Waals surface area contributed by atoms with Gasteiger partial charge in [0.25, 0.3) is 5.91 Å². The number of carbonyl (C=O) groups is 2. The number of nitrogens with zero attached hydrogens (tertiary/aromatic N) is 1. The van der Waals surface area contributed by atoms with Crippen LogP contribution in [0.1, 0.15) is 30.1 Å². The minimum atomic E-state index is -0.218. The van der Waals surface area contributed by atoms with Crippen LogP contribution in [0.2, 0.25) is 0 Å². The fourth-order valence-electron chi connectivity index (χ4n) is 2.79. The van der Waals surface area contributed by atoms with Gasteiger partial charge in [-0.2, -0.15) is 0 Å². The van der Waals surface area contributed by atoms with Crippen LogP contribution in [0.3, 0.4) is 0 Å². The number of aromatic hydroxyl groups is 1. The highest BCUT2D eigenvalue weighted by Crippen LogP contribution is 2.20. The van der Waals surface area contributed by atoms with Gasteiger partial charge < -0.3 is 25.4 Å². The Labute approximate surface area is 142 Å². The van der Waals surface area contributed by atoms with E-state index in [-0.39, 0.29) is 29.8 Å². The van der Waals surface area contributed by atoms with E-state index in [4.69, 9.17) is 4.74 Å². The monoisotopic (exact) mass is 335 g/mol. The Balaban J connectivity index is 1.80. The van der Waals surface area contributed by atoms with Crippen molar-refractivity contribution in [1.29, 1.82) is 0 Å². The van der Waals surface area contributed by atoms with E-state index < -0.39 is 0 Å². The molecule has 132 valence electrons. The van der Waals surface area contributed by atoms with Crippen LogP contribution >= 0.6 is 0 Å². The number of hydrogen-bond donors (Lipinski definition) is 3. The number of methoxy groups -OCH3 is 1. The molecule has 1 heterocycles. The van der Waals surface area contributed by atoms with Crippen molar-refractivity contribution < 1.29 is 19.4 Å². The van der Waals surface area contributed by atoms with E-state index in [9.17, 15) is 14.7 Å². The van der Waals surface area contributed by atoms with Crippen molar-refractivity contribution in [2.45, 2.75) is 31.8 Å². The van der Waals surface area contributed by atoms with Gasteiger partial charge in [0.05, 0.1) is 18.2 Å². The van der Waals surface area contributed by atoms with Crippen molar-refractivity contribution in [3.8, 4) is 5.75 Å². The summed E-state index contributed by atoms with van der Waals surface area (Å²) >= 11 is 0. The number of para-hydroxylation sites is 1. The summed E-state index contributed by atoms with van der Waals surface area (Å²) in [5, 5.41) is 15.5. The minimum absolute atomic E-state index is 0.00532. The van der Waals surface area contributed by atoms with Crippen LogP contribution in [0, 0.1) is 0 Å². The molecule has 3 amide bonds. The molecule has 1 fully saturated rings. The first-order chi connectivity index (χ1) is 11.5. The summed E-state index contributed by atoms with van der Waals surface area (Å²) in [4.78, 5) is 26.0. The number of ether oxygens (including phenoxy) is 1. The molecule has 0 saturated carbocycles. The first-order valence-corrected chi connectivity index (χ1v) is 8.14. The lowest BCUT2D eigenvalue weighted by atomic mass is 10.0. The van der Waals surface area contributed by atoms with Gasteiger partial charge in [-0.05, 0) is 31.9 Å². The van der Waals surface area contributed by atoms with Crippen molar-refractivity contribution in [3.63, 3.8) is 0 Å². The van der Waals surface area contributed by atoms with Gasteiger partial charge in [0.1, 0.15) is 5.75 Å². The average Bonchev–Trinajstić information content (AvgIpc) is 2.55. The van der Waals surface area contributed by atoms with Crippen LogP contribution in [-0.2, 0) is 4.74 Å². The number of hydrogen-bond acceptors (Lipinski definition) is 4. The molecule has 0 spiro atoms. The van der Waals surface area contributed by atoms with Crippen LogP contribution in [0.4, 0.5) is 4.79 Å². The quantitative estimate of drug-likeness (QED) is 0.757. The Hall–Kier alpha value is -2.28. The fourth-order valence-corrected chi connectivity index (χ4v) is 2.79. The number of urea groups is 1. The molecule has 1 aliphatic rings.